The molecular formula is C22H23BrN6S. The highest BCUT2D eigenvalue weighted by molar-refractivity contribution is 9.10. The molecule has 0 amide bonds. The molecule has 0 saturated heterocycles. The van der Waals surface area contributed by atoms with E-state index in [2.05, 4.69) is 32.4 Å². The van der Waals surface area contributed by atoms with E-state index in [0.717, 1.165) is 50.7 Å². The van der Waals surface area contributed by atoms with Crippen LogP contribution in [0.15, 0.2) is 53.4 Å². The van der Waals surface area contributed by atoms with Crippen molar-refractivity contribution in [3.8, 4) is 16.8 Å². The monoisotopic (exact) mass is 482 g/mol. The van der Waals surface area contributed by atoms with E-state index in [1.807, 2.05) is 65.4 Å². The van der Waals surface area contributed by atoms with Gasteiger partial charge >= 0.3 is 0 Å². The maximum Gasteiger partial charge on any atom is 0.165 e. The van der Waals surface area contributed by atoms with Crippen molar-refractivity contribution < 1.29 is 0 Å². The summed E-state index contributed by atoms with van der Waals surface area (Å²) in [5.41, 5.74) is 11.2. The number of aromatic nitrogens is 5. The van der Waals surface area contributed by atoms with Gasteiger partial charge in [0, 0.05) is 28.5 Å². The van der Waals surface area contributed by atoms with Crippen LogP contribution in [0, 0.1) is 0 Å². The zero-order chi connectivity index (χ0) is 20.7. The Labute approximate surface area is 188 Å². The molecule has 30 heavy (non-hydrogen) atoms. The smallest absolute Gasteiger partial charge is 0.165 e. The average molecular weight is 483 g/mol. The minimum Gasteiger partial charge on any atom is -0.383 e. The van der Waals surface area contributed by atoms with Gasteiger partial charge in [-0.2, -0.15) is 26.5 Å². The van der Waals surface area contributed by atoms with Crippen LogP contribution < -0.4 is 5.73 Å². The first kappa shape index (κ1) is 19.6. The fraction of sp³-hybridized carbons (Fsp3) is 0.318. The summed E-state index contributed by atoms with van der Waals surface area (Å²) in [7, 11) is 0. The van der Waals surface area contributed by atoms with Crippen LogP contribution in [0.1, 0.15) is 37.3 Å². The fourth-order valence-electron chi connectivity index (χ4n) is 4.24. The molecule has 0 bridgehead atoms. The van der Waals surface area contributed by atoms with Gasteiger partial charge in [0.05, 0.1) is 28.2 Å². The van der Waals surface area contributed by atoms with Crippen molar-refractivity contribution in [3.63, 3.8) is 0 Å². The number of halogens is 1. The molecule has 6 nitrogen and oxygen atoms in total. The molecule has 8 heteroatoms. The van der Waals surface area contributed by atoms with E-state index in [1.165, 1.54) is 12.8 Å². The van der Waals surface area contributed by atoms with Crippen LogP contribution in [0.5, 0.6) is 0 Å². The molecule has 1 fully saturated rings. The zero-order valence-electron chi connectivity index (χ0n) is 16.7. The van der Waals surface area contributed by atoms with Gasteiger partial charge in [-0.3, -0.25) is 0 Å². The molecule has 1 aliphatic carbocycles. The minimum atomic E-state index is 0.421. The van der Waals surface area contributed by atoms with Gasteiger partial charge in [-0.1, -0.05) is 18.2 Å². The third-order valence-electron chi connectivity index (χ3n) is 5.96. The second-order valence-corrected chi connectivity index (χ2v) is 9.64. The molecule has 3 heterocycles. The van der Waals surface area contributed by atoms with E-state index in [9.17, 15) is 0 Å². The number of nitrogens with zero attached hydrogens (tertiary/aromatic N) is 5. The quantitative estimate of drug-likeness (QED) is 0.426. The van der Waals surface area contributed by atoms with Crippen molar-refractivity contribution in [3.05, 3.63) is 59.1 Å². The third kappa shape index (κ3) is 3.41. The van der Waals surface area contributed by atoms with Crippen molar-refractivity contribution in [2.45, 2.75) is 36.9 Å². The predicted molar refractivity (Wildman–Crippen MR) is 126 cm³/mol. The van der Waals surface area contributed by atoms with Crippen LogP contribution in [0.2, 0.25) is 0 Å². The van der Waals surface area contributed by atoms with Gasteiger partial charge in [0.15, 0.2) is 5.65 Å². The van der Waals surface area contributed by atoms with Gasteiger partial charge in [0.1, 0.15) is 5.82 Å². The molecule has 154 valence electrons. The number of benzene rings is 1. The number of nitrogen functional groups attached to an aromatic ring is 1. The molecule has 1 saturated carbocycles. The molecule has 0 unspecified atom stereocenters. The Morgan fingerprint density at radius 1 is 1.07 bits per heavy atom. The lowest BCUT2D eigenvalue weighted by Crippen LogP contribution is -2.17. The number of hydrogen-bond acceptors (Lipinski definition) is 5. The van der Waals surface area contributed by atoms with Crippen molar-refractivity contribution in [1.82, 2.24) is 24.4 Å². The van der Waals surface area contributed by atoms with Gasteiger partial charge in [-0.25, -0.2) is 9.67 Å². The third-order valence-corrected chi connectivity index (χ3v) is 7.91. The first-order valence-corrected chi connectivity index (χ1v) is 12.2. The van der Waals surface area contributed by atoms with Crippen molar-refractivity contribution >= 4 is 39.2 Å². The van der Waals surface area contributed by atoms with Gasteiger partial charge in [0.2, 0.25) is 0 Å². The average Bonchev–Trinajstić information content (AvgIpc) is 3.44. The van der Waals surface area contributed by atoms with Crippen LogP contribution >= 0.6 is 27.7 Å². The van der Waals surface area contributed by atoms with Gasteiger partial charge in [-0.05, 0) is 60.0 Å². The number of hydrogen-bond donors (Lipinski definition) is 1. The summed E-state index contributed by atoms with van der Waals surface area (Å²) in [6, 6.07) is 10.1. The van der Waals surface area contributed by atoms with Gasteiger partial charge < -0.3 is 5.73 Å². The van der Waals surface area contributed by atoms with Crippen molar-refractivity contribution in [1.29, 1.82) is 0 Å². The van der Waals surface area contributed by atoms with Crippen LogP contribution in [0.4, 0.5) is 5.82 Å². The summed E-state index contributed by atoms with van der Waals surface area (Å²) < 4.78 is 4.46. The number of thioether (sulfide) groups is 1. The second-order valence-electron chi connectivity index (χ2n) is 7.71. The molecule has 0 spiro atoms. The first-order chi connectivity index (χ1) is 14.7. The summed E-state index contributed by atoms with van der Waals surface area (Å²) in [5.74, 6) is 1.02. The van der Waals surface area contributed by atoms with E-state index in [4.69, 9.17) is 10.7 Å². The molecule has 4 aromatic rings. The highest BCUT2D eigenvalue weighted by atomic mass is 79.9. The van der Waals surface area contributed by atoms with E-state index in [1.54, 1.807) is 4.52 Å². The maximum absolute atomic E-state index is 6.46. The standard InChI is InChI=1S/C22H23BrN6S/c1-30-17-9-7-14(8-10-17)20-19(23)21(24)29-22(27-20)18(12-26-29)15-11-25-28(13-15)16-5-3-2-4-6-16/h2-6,11-14,17H,7-10,24H2,1H3/t14-,17+. The zero-order valence-corrected chi connectivity index (χ0v) is 19.1. The highest BCUT2D eigenvalue weighted by Crippen LogP contribution is 2.41. The van der Waals surface area contributed by atoms with Crippen molar-refractivity contribution in [2.24, 2.45) is 0 Å². The molecule has 3 aromatic heterocycles. The Bertz CT molecular complexity index is 1180. The number of rotatable bonds is 4. The summed E-state index contributed by atoms with van der Waals surface area (Å²) in [6.07, 6.45) is 12.6. The topological polar surface area (TPSA) is 74.0 Å². The number of para-hydroxylation sites is 1. The SMILES string of the molecule is CS[C@H]1CC[C@@H](c2nc3c(-c4cnn(-c5ccccc5)c4)cnn3c(N)c2Br)CC1. The van der Waals surface area contributed by atoms with Gasteiger partial charge in [-0.15, -0.1) is 0 Å². The molecule has 2 N–H and O–H groups in total. The summed E-state index contributed by atoms with van der Waals surface area (Å²) in [4.78, 5) is 5.06. The first-order valence-electron chi connectivity index (χ1n) is 10.1. The second kappa shape index (κ2) is 8.07. The lowest BCUT2D eigenvalue weighted by atomic mass is 9.86. The van der Waals surface area contributed by atoms with Crippen LogP contribution in [0.3, 0.4) is 0 Å². The van der Waals surface area contributed by atoms with Gasteiger partial charge in [0.25, 0.3) is 0 Å². The van der Waals surface area contributed by atoms with Crippen molar-refractivity contribution in [2.75, 3.05) is 12.0 Å². The van der Waals surface area contributed by atoms with E-state index in [0.29, 0.717) is 11.7 Å². The maximum atomic E-state index is 6.46. The molecule has 1 aromatic carbocycles. The molecule has 1 aliphatic rings. The lowest BCUT2D eigenvalue weighted by Gasteiger charge is -2.27. The van der Waals surface area contributed by atoms with E-state index < -0.39 is 0 Å². The normalized spacial score (nSPS) is 19.4. The molecule has 0 radical (unpaired) electrons. The Hall–Kier alpha value is -2.32. The number of anilines is 1. The lowest BCUT2D eigenvalue weighted by molar-refractivity contribution is 0.445. The molecule has 5 rings (SSSR count). The van der Waals surface area contributed by atoms with E-state index >= 15 is 0 Å². The highest BCUT2D eigenvalue weighted by Gasteiger charge is 2.27. The fourth-order valence-corrected chi connectivity index (χ4v) is 5.57. The van der Waals surface area contributed by atoms with Crippen LogP contribution in [-0.2, 0) is 0 Å². The minimum absolute atomic E-state index is 0.421. The largest absolute Gasteiger partial charge is 0.383 e. The number of nitrogens with two attached hydrogens (primary N) is 1. The molecule has 0 atom stereocenters. The summed E-state index contributed by atoms with van der Waals surface area (Å²) in [6.45, 7) is 0. The molecule has 0 aliphatic heterocycles. The Balaban J connectivity index is 1.55. The Morgan fingerprint density at radius 2 is 1.83 bits per heavy atom. The molecular weight excluding hydrogens is 460 g/mol. The predicted octanol–water partition coefficient (Wildman–Crippen LogP) is 5.32. The Kier molecular flexibility index (Phi) is 5.28. The number of fused-ring (bicyclic) bond motifs is 1. The van der Waals surface area contributed by atoms with E-state index in [-0.39, 0.29) is 0 Å². The summed E-state index contributed by atoms with van der Waals surface area (Å²) in [5, 5.41) is 9.80. The Morgan fingerprint density at radius 3 is 2.57 bits per heavy atom. The van der Waals surface area contributed by atoms with Crippen LogP contribution in [0.25, 0.3) is 22.5 Å². The van der Waals surface area contributed by atoms with Crippen LogP contribution in [-0.4, -0.2) is 35.9 Å². The summed E-state index contributed by atoms with van der Waals surface area (Å²) >= 11 is 5.67.